The van der Waals surface area contributed by atoms with Crippen LogP contribution in [0.1, 0.15) is 21.6 Å². The van der Waals surface area contributed by atoms with Gasteiger partial charge in [-0.3, -0.25) is 4.79 Å². The zero-order valence-corrected chi connectivity index (χ0v) is 15.2. The summed E-state index contributed by atoms with van der Waals surface area (Å²) in [5, 5.41) is 3.46. The number of amides is 1. The summed E-state index contributed by atoms with van der Waals surface area (Å²) in [5.74, 6) is -1.04. The number of nitrogens with one attached hydrogen (secondary N) is 2. The van der Waals surface area contributed by atoms with Gasteiger partial charge in [-0.1, -0.05) is 36.4 Å². The third-order valence-corrected chi connectivity index (χ3v) is 4.61. The van der Waals surface area contributed by atoms with Crippen LogP contribution in [0.4, 0.5) is 8.78 Å². The van der Waals surface area contributed by atoms with E-state index in [0.717, 1.165) is 11.1 Å². The van der Waals surface area contributed by atoms with Crippen LogP contribution in [0.3, 0.4) is 0 Å². The Morgan fingerprint density at radius 1 is 0.964 bits per heavy atom. The van der Waals surface area contributed by atoms with E-state index in [0.29, 0.717) is 27.7 Å². The van der Waals surface area contributed by atoms with E-state index in [9.17, 15) is 13.6 Å². The lowest BCUT2D eigenvalue weighted by Crippen LogP contribution is -2.23. The van der Waals surface area contributed by atoms with E-state index in [4.69, 9.17) is 0 Å². The maximum Gasteiger partial charge on any atom is 0.268 e. The van der Waals surface area contributed by atoms with E-state index in [-0.39, 0.29) is 24.1 Å². The fraction of sp³-hybridized carbons (Fsp3) is 0.0870. The molecule has 1 amide bonds. The molecule has 3 aromatic carbocycles. The Hall–Kier alpha value is -3.47. The summed E-state index contributed by atoms with van der Waals surface area (Å²) in [6.45, 7) is 1.99. The van der Waals surface area contributed by atoms with Gasteiger partial charge in [-0.2, -0.15) is 0 Å². The second kappa shape index (κ2) is 7.27. The lowest BCUT2D eigenvalue weighted by atomic mass is 10.0. The van der Waals surface area contributed by atoms with E-state index < -0.39 is 0 Å². The SMILES string of the molecule is Cc1cc(F)cc(CNC(=O)c2[nH]c3ccc(F)cc3c2-c2ccccc2)c1. The summed E-state index contributed by atoms with van der Waals surface area (Å²) in [6.07, 6.45) is 0. The highest BCUT2D eigenvalue weighted by atomic mass is 19.1. The van der Waals surface area contributed by atoms with E-state index in [2.05, 4.69) is 10.3 Å². The molecule has 28 heavy (non-hydrogen) atoms. The van der Waals surface area contributed by atoms with Crippen LogP contribution in [0.2, 0.25) is 0 Å². The Balaban J connectivity index is 1.72. The van der Waals surface area contributed by atoms with E-state index in [1.54, 1.807) is 13.0 Å². The van der Waals surface area contributed by atoms with Gasteiger partial charge in [-0.05, 0) is 53.9 Å². The number of hydrogen-bond acceptors (Lipinski definition) is 1. The van der Waals surface area contributed by atoms with Crippen LogP contribution in [-0.4, -0.2) is 10.9 Å². The number of aromatic amines is 1. The Morgan fingerprint density at radius 2 is 1.75 bits per heavy atom. The number of fused-ring (bicyclic) bond motifs is 1. The summed E-state index contributed by atoms with van der Waals surface area (Å²) in [4.78, 5) is 16.0. The van der Waals surface area contributed by atoms with Gasteiger partial charge >= 0.3 is 0 Å². The van der Waals surface area contributed by atoms with Crippen molar-refractivity contribution in [2.75, 3.05) is 0 Å². The number of H-pyrrole nitrogens is 1. The molecule has 0 spiro atoms. The van der Waals surface area contributed by atoms with Crippen LogP contribution in [0.5, 0.6) is 0 Å². The minimum Gasteiger partial charge on any atom is -0.350 e. The number of aryl methyl sites for hydroxylation is 1. The fourth-order valence-electron chi connectivity index (χ4n) is 3.42. The first-order valence-corrected chi connectivity index (χ1v) is 8.92. The Morgan fingerprint density at radius 3 is 2.50 bits per heavy atom. The molecule has 3 nitrogen and oxygen atoms in total. The highest BCUT2D eigenvalue weighted by Crippen LogP contribution is 2.33. The van der Waals surface area contributed by atoms with Crippen LogP contribution in [0.15, 0.2) is 66.7 Å². The molecule has 0 aliphatic rings. The molecule has 5 heteroatoms. The second-order valence-corrected chi connectivity index (χ2v) is 6.75. The van der Waals surface area contributed by atoms with Gasteiger partial charge < -0.3 is 10.3 Å². The number of aromatic nitrogens is 1. The molecule has 140 valence electrons. The Bertz CT molecular complexity index is 1150. The molecule has 0 bridgehead atoms. The predicted octanol–water partition coefficient (Wildman–Crippen LogP) is 5.35. The number of halogens is 2. The van der Waals surface area contributed by atoms with Crippen molar-refractivity contribution in [2.45, 2.75) is 13.5 Å². The summed E-state index contributed by atoms with van der Waals surface area (Å²) in [6, 6.07) is 18.4. The van der Waals surface area contributed by atoms with Crippen molar-refractivity contribution in [3.63, 3.8) is 0 Å². The van der Waals surface area contributed by atoms with Crippen molar-refractivity contribution in [3.8, 4) is 11.1 Å². The van der Waals surface area contributed by atoms with Gasteiger partial charge in [0.2, 0.25) is 0 Å². The summed E-state index contributed by atoms with van der Waals surface area (Å²) in [5.41, 5.74) is 3.94. The van der Waals surface area contributed by atoms with Gasteiger partial charge in [0.05, 0.1) is 0 Å². The molecular formula is C23H18F2N2O. The lowest BCUT2D eigenvalue weighted by molar-refractivity contribution is 0.0947. The van der Waals surface area contributed by atoms with Crippen molar-refractivity contribution in [1.29, 1.82) is 0 Å². The number of carbonyl (C=O) groups is 1. The second-order valence-electron chi connectivity index (χ2n) is 6.75. The fourth-order valence-corrected chi connectivity index (χ4v) is 3.42. The molecule has 0 atom stereocenters. The lowest BCUT2D eigenvalue weighted by Gasteiger charge is -2.08. The van der Waals surface area contributed by atoms with Gasteiger partial charge in [-0.15, -0.1) is 0 Å². The summed E-state index contributed by atoms with van der Waals surface area (Å²) < 4.78 is 27.4. The first-order valence-electron chi connectivity index (χ1n) is 8.92. The van der Waals surface area contributed by atoms with E-state index in [1.165, 1.54) is 24.3 Å². The third-order valence-electron chi connectivity index (χ3n) is 4.61. The van der Waals surface area contributed by atoms with Gasteiger partial charge in [-0.25, -0.2) is 8.78 Å². The predicted molar refractivity (Wildman–Crippen MR) is 106 cm³/mol. The standard InChI is InChI=1S/C23H18F2N2O/c1-14-9-15(11-18(25)10-14)13-26-23(28)22-21(16-5-3-2-4-6-16)19-12-17(24)7-8-20(19)27-22/h2-12,27H,13H2,1H3,(H,26,28). The van der Waals surface area contributed by atoms with Crippen LogP contribution < -0.4 is 5.32 Å². The van der Waals surface area contributed by atoms with Gasteiger partial charge in [0.25, 0.3) is 5.91 Å². The largest absolute Gasteiger partial charge is 0.350 e. The van der Waals surface area contributed by atoms with Gasteiger partial charge in [0.15, 0.2) is 0 Å². The van der Waals surface area contributed by atoms with Crippen molar-refractivity contribution < 1.29 is 13.6 Å². The van der Waals surface area contributed by atoms with E-state index >= 15 is 0 Å². The minimum atomic E-state index is -0.370. The Labute approximate surface area is 161 Å². The van der Waals surface area contributed by atoms with Crippen LogP contribution in [0.25, 0.3) is 22.0 Å². The number of hydrogen-bond donors (Lipinski definition) is 2. The highest BCUT2D eigenvalue weighted by molar-refractivity contribution is 6.09. The molecule has 1 heterocycles. The molecule has 4 aromatic rings. The van der Waals surface area contributed by atoms with Gasteiger partial charge in [0.1, 0.15) is 17.3 Å². The molecule has 0 saturated carbocycles. The first kappa shape index (κ1) is 17.9. The van der Waals surface area contributed by atoms with Crippen molar-refractivity contribution in [1.82, 2.24) is 10.3 Å². The van der Waals surface area contributed by atoms with Crippen LogP contribution in [0, 0.1) is 18.6 Å². The molecule has 0 aliphatic heterocycles. The average molecular weight is 376 g/mol. The van der Waals surface area contributed by atoms with Crippen molar-refractivity contribution in [3.05, 3.63) is 95.2 Å². The smallest absolute Gasteiger partial charge is 0.268 e. The number of rotatable bonds is 4. The molecule has 0 unspecified atom stereocenters. The maximum absolute atomic E-state index is 13.8. The zero-order valence-electron chi connectivity index (χ0n) is 15.2. The summed E-state index contributed by atoms with van der Waals surface area (Å²) in [7, 11) is 0. The Kier molecular flexibility index (Phi) is 4.65. The monoisotopic (exact) mass is 376 g/mol. The van der Waals surface area contributed by atoms with Crippen molar-refractivity contribution >= 4 is 16.8 Å². The average Bonchev–Trinajstić information content (AvgIpc) is 3.04. The van der Waals surface area contributed by atoms with E-state index in [1.807, 2.05) is 36.4 Å². The molecular weight excluding hydrogens is 358 g/mol. The third kappa shape index (κ3) is 3.51. The normalized spacial score (nSPS) is 11.0. The van der Waals surface area contributed by atoms with Crippen LogP contribution >= 0.6 is 0 Å². The quantitative estimate of drug-likeness (QED) is 0.495. The molecule has 0 fully saturated rings. The minimum absolute atomic E-state index is 0.190. The zero-order chi connectivity index (χ0) is 19.7. The highest BCUT2D eigenvalue weighted by Gasteiger charge is 2.19. The molecule has 1 aromatic heterocycles. The number of carbonyl (C=O) groups excluding carboxylic acids is 1. The molecule has 2 N–H and O–H groups in total. The van der Waals surface area contributed by atoms with Gasteiger partial charge in [0, 0.05) is 23.0 Å². The topological polar surface area (TPSA) is 44.9 Å². The molecule has 0 saturated heterocycles. The first-order chi connectivity index (χ1) is 13.5. The maximum atomic E-state index is 13.8. The number of benzene rings is 3. The molecule has 0 aliphatic carbocycles. The van der Waals surface area contributed by atoms with Crippen LogP contribution in [-0.2, 0) is 6.54 Å². The summed E-state index contributed by atoms with van der Waals surface area (Å²) >= 11 is 0. The van der Waals surface area contributed by atoms with Crippen molar-refractivity contribution in [2.24, 2.45) is 0 Å². The molecule has 4 rings (SSSR count). The molecule has 0 radical (unpaired) electrons.